The first-order valence-corrected chi connectivity index (χ1v) is 10.1. The molecule has 3 aromatic rings. The highest BCUT2D eigenvalue weighted by Crippen LogP contribution is 2.42. The number of rotatable bonds is 7. The van der Waals surface area contributed by atoms with Crippen LogP contribution in [0.5, 0.6) is 0 Å². The first-order chi connectivity index (χ1) is 12.7. The Kier molecular flexibility index (Phi) is 4.72. The van der Waals surface area contributed by atoms with Crippen molar-refractivity contribution in [2.75, 3.05) is 5.75 Å². The van der Waals surface area contributed by atoms with E-state index < -0.39 is 0 Å². The number of aromatic amines is 1. The molecule has 0 radical (unpaired) electrons. The highest BCUT2D eigenvalue weighted by molar-refractivity contribution is 7.99. The lowest BCUT2D eigenvalue weighted by atomic mass is 10.1. The molecule has 6 nitrogen and oxygen atoms in total. The summed E-state index contributed by atoms with van der Waals surface area (Å²) < 4.78 is 2.21. The van der Waals surface area contributed by atoms with Gasteiger partial charge in [0.2, 0.25) is 5.91 Å². The largest absolute Gasteiger partial charge is 0.360 e. The minimum atomic E-state index is 0.0448. The van der Waals surface area contributed by atoms with E-state index >= 15 is 0 Å². The first-order valence-electron chi connectivity index (χ1n) is 9.11. The third-order valence-corrected chi connectivity index (χ3v) is 5.70. The minimum Gasteiger partial charge on any atom is -0.360 e. The molecule has 1 saturated carbocycles. The second-order valence-electron chi connectivity index (χ2n) is 6.82. The van der Waals surface area contributed by atoms with E-state index in [2.05, 4.69) is 44.1 Å². The van der Waals surface area contributed by atoms with Crippen LogP contribution in [0.4, 0.5) is 0 Å². The molecule has 2 heterocycles. The molecule has 7 heteroatoms. The highest BCUT2D eigenvalue weighted by Gasteiger charge is 2.31. The van der Waals surface area contributed by atoms with Crippen molar-refractivity contribution in [1.82, 2.24) is 25.1 Å². The zero-order chi connectivity index (χ0) is 18.1. The van der Waals surface area contributed by atoms with Crippen LogP contribution in [0, 0.1) is 0 Å². The standard InChI is InChI=1S/C19H23N5OS/c1-3-12(2)21-17(25)11-26-19-23-22-18(24(19)13-8-9-13)15-10-20-16-7-5-4-6-14(15)16/h4-7,10,12-13,20H,3,8-9,11H2,1-2H3,(H,21,25). The number of amides is 1. The molecule has 2 N–H and O–H groups in total. The summed E-state index contributed by atoms with van der Waals surface area (Å²) in [6, 6.07) is 8.85. The quantitative estimate of drug-likeness (QED) is 0.622. The molecule has 1 aliphatic rings. The van der Waals surface area contributed by atoms with E-state index in [4.69, 9.17) is 0 Å². The van der Waals surface area contributed by atoms with Gasteiger partial charge in [-0.1, -0.05) is 36.9 Å². The van der Waals surface area contributed by atoms with Crippen molar-refractivity contribution in [2.45, 2.75) is 50.4 Å². The molecule has 1 aromatic carbocycles. The Morgan fingerprint density at radius 2 is 2.19 bits per heavy atom. The molecule has 0 saturated heterocycles. The zero-order valence-corrected chi connectivity index (χ0v) is 15.8. The number of nitrogens with zero attached hydrogens (tertiary/aromatic N) is 3. The SMILES string of the molecule is CCC(C)NC(=O)CSc1nnc(-c2c[nH]c3ccccc23)n1C1CC1. The van der Waals surface area contributed by atoms with Gasteiger partial charge < -0.3 is 10.3 Å². The maximum Gasteiger partial charge on any atom is 0.230 e. The molecule has 2 aromatic heterocycles. The lowest BCUT2D eigenvalue weighted by Gasteiger charge is -2.11. The van der Waals surface area contributed by atoms with Gasteiger partial charge in [-0.05, 0) is 32.3 Å². The number of benzene rings is 1. The van der Waals surface area contributed by atoms with Gasteiger partial charge in [0.05, 0.1) is 5.75 Å². The van der Waals surface area contributed by atoms with Gasteiger partial charge in [-0.25, -0.2) is 0 Å². The number of carbonyl (C=O) groups is 1. The smallest absolute Gasteiger partial charge is 0.230 e. The van der Waals surface area contributed by atoms with Crippen LogP contribution in [0.25, 0.3) is 22.3 Å². The van der Waals surface area contributed by atoms with E-state index in [9.17, 15) is 4.79 Å². The van der Waals surface area contributed by atoms with E-state index in [1.807, 2.05) is 25.3 Å². The molecule has 0 bridgehead atoms. The fraction of sp³-hybridized carbons (Fsp3) is 0.421. The number of hydrogen-bond donors (Lipinski definition) is 2. The van der Waals surface area contributed by atoms with E-state index in [0.29, 0.717) is 11.8 Å². The van der Waals surface area contributed by atoms with Gasteiger partial charge in [-0.3, -0.25) is 9.36 Å². The van der Waals surface area contributed by atoms with E-state index in [0.717, 1.165) is 46.7 Å². The second kappa shape index (κ2) is 7.15. The molecule has 1 unspecified atom stereocenters. The van der Waals surface area contributed by atoms with E-state index in [1.165, 1.54) is 11.8 Å². The van der Waals surface area contributed by atoms with Crippen LogP contribution >= 0.6 is 11.8 Å². The Hall–Kier alpha value is -2.28. The summed E-state index contributed by atoms with van der Waals surface area (Å²) in [6.07, 6.45) is 5.21. The molecule has 26 heavy (non-hydrogen) atoms. The summed E-state index contributed by atoms with van der Waals surface area (Å²) in [5, 5.41) is 13.8. The van der Waals surface area contributed by atoms with Gasteiger partial charge in [0.25, 0.3) is 0 Å². The molecule has 0 spiro atoms. The summed E-state index contributed by atoms with van der Waals surface area (Å²) >= 11 is 1.47. The maximum atomic E-state index is 12.1. The monoisotopic (exact) mass is 369 g/mol. The predicted molar refractivity (Wildman–Crippen MR) is 104 cm³/mol. The van der Waals surface area contributed by atoms with Gasteiger partial charge in [0.15, 0.2) is 11.0 Å². The van der Waals surface area contributed by atoms with E-state index in [-0.39, 0.29) is 11.9 Å². The van der Waals surface area contributed by atoms with Crippen LogP contribution in [-0.4, -0.2) is 37.5 Å². The zero-order valence-electron chi connectivity index (χ0n) is 15.0. The lowest BCUT2D eigenvalue weighted by Crippen LogP contribution is -2.33. The van der Waals surface area contributed by atoms with Crippen LogP contribution in [0.1, 0.15) is 39.2 Å². The van der Waals surface area contributed by atoms with Gasteiger partial charge in [0.1, 0.15) is 0 Å². The fourth-order valence-electron chi connectivity index (χ4n) is 3.03. The molecule has 1 aliphatic carbocycles. The number of thioether (sulfide) groups is 1. The summed E-state index contributed by atoms with van der Waals surface area (Å²) in [7, 11) is 0. The Balaban J connectivity index is 1.59. The van der Waals surface area contributed by atoms with Crippen molar-refractivity contribution in [3.05, 3.63) is 30.5 Å². The average Bonchev–Trinajstić information content (AvgIpc) is 3.26. The summed E-state index contributed by atoms with van der Waals surface area (Å²) in [5.74, 6) is 1.29. The van der Waals surface area contributed by atoms with Crippen molar-refractivity contribution in [3.63, 3.8) is 0 Å². The van der Waals surface area contributed by atoms with Crippen LogP contribution < -0.4 is 5.32 Å². The predicted octanol–water partition coefficient (Wildman–Crippen LogP) is 3.77. The summed E-state index contributed by atoms with van der Waals surface area (Å²) in [6.45, 7) is 4.08. The summed E-state index contributed by atoms with van der Waals surface area (Å²) in [5.41, 5.74) is 2.16. The number of carbonyl (C=O) groups excluding carboxylic acids is 1. The molecule has 1 fully saturated rings. The first kappa shape index (κ1) is 17.1. The third kappa shape index (κ3) is 3.35. The Bertz CT molecular complexity index is 927. The number of fused-ring (bicyclic) bond motifs is 1. The lowest BCUT2D eigenvalue weighted by molar-refractivity contribution is -0.119. The molecule has 4 rings (SSSR count). The highest BCUT2D eigenvalue weighted by atomic mass is 32.2. The van der Waals surface area contributed by atoms with Crippen LogP contribution in [-0.2, 0) is 4.79 Å². The van der Waals surface area contributed by atoms with Crippen molar-refractivity contribution >= 4 is 28.6 Å². The Labute approximate surface area is 156 Å². The minimum absolute atomic E-state index is 0.0448. The Morgan fingerprint density at radius 1 is 1.38 bits per heavy atom. The van der Waals surface area contributed by atoms with Gasteiger partial charge in [0, 0.05) is 34.7 Å². The van der Waals surface area contributed by atoms with Crippen LogP contribution in [0.2, 0.25) is 0 Å². The molecular weight excluding hydrogens is 346 g/mol. The number of nitrogens with one attached hydrogen (secondary N) is 2. The van der Waals surface area contributed by atoms with Gasteiger partial charge in [-0.15, -0.1) is 10.2 Å². The average molecular weight is 369 g/mol. The number of hydrogen-bond acceptors (Lipinski definition) is 4. The molecule has 136 valence electrons. The molecule has 0 aliphatic heterocycles. The maximum absolute atomic E-state index is 12.1. The van der Waals surface area contributed by atoms with Crippen molar-refractivity contribution in [3.8, 4) is 11.4 Å². The fourth-order valence-corrected chi connectivity index (χ4v) is 3.84. The summed E-state index contributed by atoms with van der Waals surface area (Å²) in [4.78, 5) is 15.4. The van der Waals surface area contributed by atoms with Crippen molar-refractivity contribution < 1.29 is 4.79 Å². The van der Waals surface area contributed by atoms with Crippen LogP contribution in [0.3, 0.4) is 0 Å². The van der Waals surface area contributed by atoms with Gasteiger partial charge >= 0.3 is 0 Å². The normalized spacial score (nSPS) is 15.3. The number of para-hydroxylation sites is 1. The topological polar surface area (TPSA) is 75.6 Å². The molecule has 1 amide bonds. The third-order valence-electron chi connectivity index (χ3n) is 4.76. The van der Waals surface area contributed by atoms with Gasteiger partial charge in [-0.2, -0.15) is 0 Å². The number of aromatic nitrogens is 4. The second-order valence-corrected chi connectivity index (χ2v) is 7.76. The Morgan fingerprint density at radius 3 is 2.96 bits per heavy atom. The van der Waals surface area contributed by atoms with Crippen molar-refractivity contribution in [1.29, 1.82) is 0 Å². The molecule has 1 atom stereocenters. The van der Waals surface area contributed by atoms with Crippen molar-refractivity contribution in [2.24, 2.45) is 0 Å². The van der Waals surface area contributed by atoms with Crippen LogP contribution in [0.15, 0.2) is 35.6 Å². The molecular formula is C19H23N5OS. The van der Waals surface area contributed by atoms with E-state index in [1.54, 1.807) is 0 Å². The number of H-pyrrole nitrogens is 1.